The number of carbonyl (C=O) groups is 1. The van der Waals surface area contributed by atoms with E-state index in [4.69, 9.17) is 9.57 Å². The van der Waals surface area contributed by atoms with Gasteiger partial charge in [-0.2, -0.15) is 0 Å². The van der Waals surface area contributed by atoms with Gasteiger partial charge in [-0.25, -0.2) is 0 Å². The molecule has 0 saturated carbocycles. The second-order valence-electron chi connectivity index (χ2n) is 7.27. The van der Waals surface area contributed by atoms with E-state index < -0.39 is 0 Å². The van der Waals surface area contributed by atoms with Gasteiger partial charge in [0.15, 0.2) is 0 Å². The summed E-state index contributed by atoms with van der Waals surface area (Å²) in [5.41, 5.74) is 4.49. The second kappa shape index (κ2) is 9.35. The van der Waals surface area contributed by atoms with Crippen LogP contribution in [0.3, 0.4) is 0 Å². The molecule has 2 fully saturated rings. The number of hydrogen-bond acceptors (Lipinski definition) is 5. The van der Waals surface area contributed by atoms with Crippen LogP contribution in [0.4, 0.5) is 5.69 Å². The highest BCUT2D eigenvalue weighted by Crippen LogP contribution is 2.19. The van der Waals surface area contributed by atoms with Crippen LogP contribution in [0.5, 0.6) is 0 Å². The Morgan fingerprint density at radius 3 is 2.77 bits per heavy atom. The van der Waals surface area contributed by atoms with Crippen molar-refractivity contribution >= 4 is 11.6 Å². The summed E-state index contributed by atoms with van der Waals surface area (Å²) in [5, 5.41) is 0. The van der Waals surface area contributed by atoms with Crippen molar-refractivity contribution in [1.82, 2.24) is 9.80 Å². The summed E-state index contributed by atoms with van der Waals surface area (Å²) in [4.78, 5) is 22.6. The van der Waals surface area contributed by atoms with Crippen molar-refractivity contribution in [2.45, 2.75) is 45.3 Å². The van der Waals surface area contributed by atoms with Crippen LogP contribution in [-0.2, 0) is 9.57 Å². The molecule has 26 heavy (non-hydrogen) atoms. The van der Waals surface area contributed by atoms with Crippen molar-refractivity contribution in [2.75, 3.05) is 44.9 Å². The fourth-order valence-electron chi connectivity index (χ4n) is 3.66. The molecule has 6 heteroatoms. The molecular weight excluding hydrogens is 330 g/mol. The molecule has 2 atom stereocenters. The molecular formula is C20H31N3O3. The maximum atomic E-state index is 12.9. The average molecular weight is 361 g/mol. The fourth-order valence-corrected chi connectivity index (χ4v) is 3.66. The largest absolute Gasteiger partial charge is 0.377 e. The summed E-state index contributed by atoms with van der Waals surface area (Å²) in [7, 11) is 0. The van der Waals surface area contributed by atoms with Gasteiger partial charge in [-0.15, -0.1) is 0 Å². The average Bonchev–Trinajstić information content (AvgIpc) is 3.15. The molecule has 1 N–H and O–H groups in total. The van der Waals surface area contributed by atoms with Crippen LogP contribution in [-0.4, -0.2) is 67.2 Å². The first kappa shape index (κ1) is 19.1. The van der Waals surface area contributed by atoms with E-state index in [1.165, 1.54) is 6.42 Å². The summed E-state index contributed by atoms with van der Waals surface area (Å²) in [6, 6.07) is 7.72. The molecule has 1 amide bonds. The number of rotatable bonds is 7. The molecule has 2 unspecified atom stereocenters. The first-order valence-electron chi connectivity index (χ1n) is 9.80. The molecule has 144 valence electrons. The van der Waals surface area contributed by atoms with E-state index in [1.54, 1.807) is 0 Å². The second-order valence-corrected chi connectivity index (χ2v) is 7.27. The number of nitrogens with zero attached hydrogens (tertiary/aromatic N) is 2. The lowest BCUT2D eigenvalue weighted by molar-refractivity contribution is 0.0279. The van der Waals surface area contributed by atoms with Gasteiger partial charge in [-0.1, -0.05) is 6.92 Å². The Balaban J connectivity index is 1.51. The molecule has 0 aliphatic carbocycles. The minimum absolute atomic E-state index is 0.107. The molecule has 1 aromatic carbocycles. The van der Waals surface area contributed by atoms with Gasteiger partial charge in [0.1, 0.15) is 0 Å². The predicted octanol–water partition coefficient (Wildman–Crippen LogP) is 2.77. The summed E-state index contributed by atoms with van der Waals surface area (Å²) >= 11 is 0. The first-order valence-corrected chi connectivity index (χ1v) is 9.80. The Bertz CT molecular complexity index is 572. The molecule has 2 aliphatic rings. The van der Waals surface area contributed by atoms with E-state index in [-0.39, 0.29) is 11.9 Å². The van der Waals surface area contributed by atoms with Crippen molar-refractivity contribution in [3.05, 3.63) is 29.8 Å². The maximum absolute atomic E-state index is 12.9. The SMILES string of the molecule is CCCONc1ccc(C(=O)N2CCN(CC3CCCO3)CC2C)cc1. The molecule has 3 rings (SSSR count). The van der Waals surface area contributed by atoms with E-state index in [9.17, 15) is 4.79 Å². The Kier molecular flexibility index (Phi) is 6.88. The lowest BCUT2D eigenvalue weighted by Gasteiger charge is -2.40. The standard InChI is InChI=1S/C20H31N3O3/c1-3-12-26-21-18-8-6-17(7-9-18)20(24)23-11-10-22(14-16(23)2)15-19-5-4-13-25-19/h6-9,16,19,21H,3-5,10-15H2,1-2H3. The van der Waals surface area contributed by atoms with Crippen LogP contribution >= 0.6 is 0 Å². The molecule has 1 aromatic rings. The number of anilines is 1. The number of ether oxygens (including phenoxy) is 1. The molecule has 0 bridgehead atoms. The number of carbonyl (C=O) groups excluding carboxylic acids is 1. The molecule has 2 heterocycles. The number of benzene rings is 1. The van der Waals surface area contributed by atoms with Crippen LogP contribution in [0, 0.1) is 0 Å². The van der Waals surface area contributed by atoms with Crippen LogP contribution in [0.15, 0.2) is 24.3 Å². The maximum Gasteiger partial charge on any atom is 0.254 e. The molecule has 2 aliphatic heterocycles. The van der Waals surface area contributed by atoms with Gasteiger partial charge in [-0.3, -0.25) is 20.0 Å². The van der Waals surface area contributed by atoms with Crippen molar-refractivity contribution in [2.24, 2.45) is 0 Å². The zero-order chi connectivity index (χ0) is 18.4. The van der Waals surface area contributed by atoms with Crippen molar-refractivity contribution < 1.29 is 14.4 Å². The molecule has 0 spiro atoms. The zero-order valence-corrected chi connectivity index (χ0v) is 15.9. The van der Waals surface area contributed by atoms with Gasteiger partial charge in [0, 0.05) is 44.4 Å². The minimum atomic E-state index is 0.107. The third-order valence-corrected chi connectivity index (χ3v) is 5.09. The third kappa shape index (κ3) is 4.96. The summed E-state index contributed by atoms with van der Waals surface area (Å²) < 4.78 is 5.74. The Hall–Kier alpha value is -1.63. The number of nitrogens with one attached hydrogen (secondary N) is 1. The number of piperazine rings is 1. The van der Waals surface area contributed by atoms with Crippen LogP contribution < -0.4 is 5.48 Å². The van der Waals surface area contributed by atoms with E-state index in [2.05, 4.69) is 24.2 Å². The Morgan fingerprint density at radius 2 is 2.12 bits per heavy atom. The van der Waals surface area contributed by atoms with Crippen LogP contribution in [0.1, 0.15) is 43.5 Å². The van der Waals surface area contributed by atoms with Crippen molar-refractivity contribution in [1.29, 1.82) is 0 Å². The lowest BCUT2D eigenvalue weighted by atomic mass is 10.1. The van der Waals surface area contributed by atoms with Crippen LogP contribution in [0.25, 0.3) is 0 Å². The topological polar surface area (TPSA) is 54.0 Å². The van der Waals surface area contributed by atoms with Crippen LogP contribution in [0.2, 0.25) is 0 Å². The highest BCUT2D eigenvalue weighted by molar-refractivity contribution is 5.94. The smallest absolute Gasteiger partial charge is 0.254 e. The van der Waals surface area contributed by atoms with Crippen molar-refractivity contribution in [3.8, 4) is 0 Å². The van der Waals surface area contributed by atoms with E-state index in [1.807, 2.05) is 29.2 Å². The monoisotopic (exact) mass is 361 g/mol. The third-order valence-electron chi connectivity index (χ3n) is 5.09. The summed E-state index contributed by atoms with van der Waals surface area (Å²) in [5.74, 6) is 0.107. The van der Waals surface area contributed by atoms with Crippen molar-refractivity contribution in [3.63, 3.8) is 0 Å². The van der Waals surface area contributed by atoms with E-state index in [0.29, 0.717) is 12.7 Å². The van der Waals surface area contributed by atoms with E-state index >= 15 is 0 Å². The Morgan fingerprint density at radius 1 is 1.31 bits per heavy atom. The van der Waals surface area contributed by atoms with Gasteiger partial charge in [0.05, 0.1) is 18.4 Å². The molecule has 6 nitrogen and oxygen atoms in total. The van der Waals surface area contributed by atoms with Gasteiger partial charge in [-0.05, 0) is 50.5 Å². The normalized spacial score (nSPS) is 24.0. The fraction of sp³-hybridized carbons (Fsp3) is 0.650. The highest BCUT2D eigenvalue weighted by atomic mass is 16.6. The zero-order valence-electron chi connectivity index (χ0n) is 15.9. The quantitative estimate of drug-likeness (QED) is 0.598. The Labute approximate surface area is 156 Å². The molecule has 0 aromatic heterocycles. The summed E-state index contributed by atoms with van der Waals surface area (Å²) in [6.07, 6.45) is 3.67. The number of hydrogen-bond donors (Lipinski definition) is 1. The van der Waals surface area contributed by atoms with E-state index in [0.717, 1.165) is 56.9 Å². The van der Waals surface area contributed by atoms with Gasteiger partial charge < -0.3 is 9.64 Å². The van der Waals surface area contributed by atoms with Gasteiger partial charge >= 0.3 is 0 Å². The first-order chi connectivity index (χ1) is 12.7. The van der Waals surface area contributed by atoms with Gasteiger partial charge in [0.2, 0.25) is 0 Å². The summed E-state index contributed by atoms with van der Waals surface area (Å²) in [6.45, 7) is 9.34. The minimum Gasteiger partial charge on any atom is -0.377 e. The number of amides is 1. The highest BCUT2D eigenvalue weighted by Gasteiger charge is 2.30. The predicted molar refractivity (Wildman–Crippen MR) is 102 cm³/mol. The lowest BCUT2D eigenvalue weighted by Crippen LogP contribution is -2.55. The molecule has 0 radical (unpaired) electrons. The molecule has 2 saturated heterocycles. The van der Waals surface area contributed by atoms with Gasteiger partial charge in [0.25, 0.3) is 5.91 Å².